The number of fused-ring (bicyclic) bond motifs is 1. The van der Waals surface area contributed by atoms with Gasteiger partial charge in [-0.25, -0.2) is 9.37 Å². The quantitative estimate of drug-likeness (QED) is 0.740. The van der Waals surface area contributed by atoms with Crippen molar-refractivity contribution in [3.8, 4) is 0 Å². The average molecular weight is 334 g/mol. The average Bonchev–Trinajstić information content (AvgIpc) is 2.64. The van der Waals surface area contributed by atoms with Gasteiger partial charge < -0.3 is 4.57 Å². The van der Waals surface area contributed by atoms with Gasteiger partial charge in [-0.05, 0) is 34.3 Å². The van der Waals surface area contributed by atoms with Crippen LogP contribution in [0.2, 0.25) is 0 Å². The summed E-state index contributed by atoms with van der Waals surface area (Å²) < 4.78 is 16.0. The molecule has 0 aliphatic rings. The van der Waals surface area contributed by atoms with Crippen LogP contribution in [0.15, 0.2) is 16.6 Å². The van der Waals surface area contributed by atoms with Crippen molar-refractivity contribution in [1.82, 2.24) is 9.55 Å². The maximum Gasteiger partial charge on any atom is 0.139 e. The lowest BCUT2D eigenvalue weighted by atomic mass is 10.1. The van der Waals surface area contributed by atoms with Crippen LogP contribution >= 0.6 is 27.5 Å². The smallest absolute Gasteiger partial charge is 0.139 e. The summed E-state index contributed by atoms with van der Waals surface area (Å²) in [6.07, 6.45) is 1.05. The first-order valence-electron chi connectivity index (χ1n) is 5.93. The van der Waals surface area contributed by atoms with E-state index in [0.717, 1.165) is 24.3 Å². The molecule has 0 amide bonds. The second-order valence-corrected chi connectivity index (χ2v) is 5.87. The normalized spacial score (nSPS) is 11.7. The van der Waals surface area contributed by atoms with Crippen LogP contribution in [0.25, 0.3) is 11.0 Å². The van der Waals surface area contributed by atoms with Crippen molar-refractivity contribution < 1.29 is 4.39 Å². The zero-order valence-corrected chi connectivity index (χ0v) is 12.7. The number of nitrogens with zero attached hydrogens (tertiary/aromatic N) is 2. The molecule has 5 heteroatoms. The standard InChI is InChI=1S/C13H15BrClFN2/c1-8(2)3-4-18-12-5-9(14)10(16)6-11(12)17-13(18)7-15/h5-6,8H,3-4,7H2,1-2H3. The summed E-state index contributed by atoms with van der Waals surface area (Å²) in [6.45, 7) is 5.21. The zero-order chi connectivity index (χ0) is 13.3. The fourth-order valence-electron chi connectivity index (χ4n) is 1.91. The molecule has 98 valence electrons. The Morgan fingerprint density at radius 2 is 2.17 bits per heavy atom. The largest absolute Gasteiger partial charge is 0.327 e. The molecule has 0 unspecified atom stereocenters. The number of imidazole rings is 1. The molecule has 18 heavy (non-hydrogen) atoms. The van der Waals surface area contributed by atoms with Gasteiger partial charge in [0.15, 0.2) is 0 Å². The second-order valence-electron chi connectivity index (χ2n) is 4.75. The SMILES string of the molecule is CC(C)CCn1c(CCl)nc2cc(F)c(Br)cc21. The zero-order valence-electron chi connectivity index (χ0n) is 10.4. The minimum atomic E-state index is -0.294. The third-order valence-electron chi connectivity index (χ3n) is 2.92. The summed E-state index contributed by atoms with van der Waals surface area (Å²) in [5.74, 6) is 1.45. The number of hydrogen-bond donors (Lipinski definition) is 0. The highest BCUT2D eigenvalue weighted by atomic mass is 79.9. The summed E-state index contributed by atoms with van der Waals surface area (Å²) in [7, 11) is 0. The number of rotatable bonds is 4. The van der Waals surface area contributed by atoms with E-state index in [1.165, 1.54) is 6.07 Å². The van der Waals surface area contributed by atoms with Crippen molar-refractivity contribution in [1.29, 1.82) is 0 Å². The fraction of sp³-hybridized carbons (Fsp3) is 0.462. The molecule has 0 aliphatic heterocycles. The number of aryl methyl sites for hydroxylation is 1. The molecule has 2 rings (SSSR count). The van der Waals surface area contributed by atoms with Gasteiger partial charge in [0.05, 0.1) is 21.4 Å². The molecule has 0 atom stereocenters. The summed E-state index contributed by atoms with van der Waals surface area (Å²) >= 11 is 9.12. The van der Waals surface area contributed by atoms with Crippen LogP contribution in [-0.4, -0.2) is 9.55 Å². The molecule has 0 saturated heterocycles. The monoisotopic (exact) mass is 332 g/mol. The Kier molecular flexibility index (Phi) is 4.28. The lowest BCUT2D eigenvalue weighted by molar-refractivity contribution is 0.516. The molecule has 0 radical (unpaired) electrons. The number of halogens is 3. The maximum absolute atomic E-state index is 13.5. The van der Waals surface area contributed by atoms with Crippen molar-refractivity contribution >= 4 is 38.6 Å². The van der Waals surface area contributed by atoms with Crippen molar-refractivity contribution in [2.45, 2.75) is 32.7 Å². The summed E-state index contributed by atoms with van der Waals surface area (Å²) in [4.78, 5) is 4.38. The van der Waals surface area contributed by atoms with Crippen LogP contribution < -0.4 is 0 Å². The summed E-state index contributed by atoms with van der Waals surface area (Å²) in [6, 6.07) is 3.22. The van der Waals surface area contributed by atoms with Crippen LogP contribution in [0.4, 0.5) is 4.39 Å². The molecular weight excluding hydrogens is 319 g/mol. The van der Waals surface area contributed by atoms with E-state index in [1.54, 1.807) is 6.07 Å². The lowest BCUT2D eigenvalue weighted by Crippen LogP contribution is -2.05. The molecule has 2 aromatic rings. The number of benzene rings is 1. The van der Waals surface area contributed by atoms with E-state index in [4.69, 9.17) is 11.6 Å². The molecule has 2 nitrogen and oxygen atoms in total. The van der Waals surface area contributed by atoms with Crippen LogP contribution in [0.3, 0.4) is 0 Å². The lowest BCUT2D eigenvalue weighted by Gasteiger charge is -2.09. The van der Waals surface area contributed by atoms with Gasteiger partial charge in [0, 0.05) is 12.6 Å². The number of alkyl halides is 1. The predicted molar refractivity (Wildman–Crippen MR) is 76.4 cm³/mol. The van der Waals surface area contributed by atoms with Gasteiger partial charge >= 0.3 is 0 Å². The van der Waals surface area contributed by atoms with Gasteiger partial charge in [0.2, 0.25) is 0 Å². The molecule has 0 saturated carbocycles. The van der Waals surface area contributed by atoms with Crippen LogP contribution in [0.1, 0.15) is 26.1 Å². The molecule has 0 N–H and O–H groups in total. The molecule has 0 bridgehead atoms. The molecule has 0 spiro atoms. The Bertz CT molecular complexity index is 566. The van der Waals surface area contributed by atoms with Crippen molar-refractivity contribution in [2.24, 2.45) is 5.92 Å². The van der Waals surface area contributed by atoms with Crippen molar-refractivity contribution in [2.75, 3.05) is 0 Å². The first-order chi connectivity index (χ1) is 8.52. The molecule has 1 heterocycles. The van der Waals surface area contributed by atoms with E-state index in [0.29, 0.717) is 21.8 Å². The van der Waals surface area contributed by atoms with Crippen molar-refractivity contribution in [3.05, 3.63) is 28.2 Å². The van der Waals surface area contributed by atoms with Gasteiger partial charge in [0.1, 0.15) is 11.6 Å². The van der Waals surface area contributed by atoms with E-state index in [-0.39, 0.29) is 5.82 Å². The third kappa shape index (κ3) is 2.69. The Hall–Kier alpha value is -0.610. The minimum absolute atomic E-state index is 0.294. The van der Waals surface area contributed by atoms with Crippen LogP contribution in [0.5, 0.6) is 0 Å². The molecule has 0 fully saturated rings. The van der Waals surface area contributed by atoms with Gasteiger partial charge in [-0.15, -0.1) is 11.6 Å². The number of aromatic nitrogens is 2. The number of hydrogen-bond acceptors (Lipinski definition) is 1. The maximum atomic E-state index is 13.5. The summed E-state index contributed by atoms with van der Waals surface area (Å²) in [5, 5.41) is 0. The molecule has 0 aliphatic carbocycles. The second kappa shape index (κ2) is 5.57. The first-order valence-corrected chi connectivity index (χ1v) is 7.25. The van der Waals surface area contributed by atoms with Crippen LogP contribution in [0, 0.1) is 11.7 Å². The Labute approximate surface area is 119 Å². The Balaban J connectivity index is 2.50. The van der Waals surface area contributed by atoms with E-state index < -0.39 is 0 Å². The third-order valence-corrected chi connectivity index (χ3v) is 3.77. The highest BCUT2D eigenvalue weighted by Crippen LogP contribution is 2.25. The first kappa shape index (κ1) is 13.8. The fourth-order valence-corrected chi connectivity index (χ4v) is 2.44. The molecular formula is C13H15BrClFN2. The van der Waals surface area contributed by atoms with E-state index in [9.17, 15) is 4.39 Å². The highest BCUT2D eigenvalue weighted by Gasteiger charge is 2.13. The Morgan fingerprint density at radius 1 is 1.44 bits per heavy atom. The predicted octanol–water partition coefficient (Wildman–Crippen LogP) is 4.72. The minimum Gasteiger partial charge on any atom is -0.327 e. The molecule has 1 aromatic carbocycles. The van der Waals surface area contributed by atoms with Crippen molar-refractivity contribution in [3.63, 3.8) is 0 Å². The van der Waals surface area contributed by atoms with E-state index in [2.05, 4.69) is 39.3 Å². The topological polar surface area (TPSA) is 17.8 Å². The van der Waals surface area contributed by atoms with Gasteiger partial charge in [-0.2, -0.15) is 0 Å². The van der Waals surface area contributed by atoms with Crippen LogP contribution in [-0.2, 0) is 12.4 Å². The Morgan fingerprint density at radius 3 is 2.78 bits per heavy atom. The van der Waals surface area contributed by atoms with Gasteiger partial charge in [-0.1, -0.05) is 13.8 Å². The summed E-state index contributed by atoms with van der Waals surface area (Å²) in [5.41, 5.74) is 1.59. The van der Waals surface area contributed by atoms with Gasteiger partial charge in [0.25, 0.3) is 0 Å². The van der Waals surface area contributed by atoms with E-state index in [1.807, 2.05) is 0 Å². The highest BCUT2D eigenvalue weighted by molar-refractivity contribution is 9.10. The van der Waals surface area contributed by atoms with E-state index >= 15 is 0 Å². The molecule has 1 aromatic heterocycles. The van der Waals surface area contributed by atoms with Gasteiger partial charge in [-0.3, -0.25) is 0 Å².